The summed E-state index contributed by atoms with van der Waals surface area (Å²) in [6.07, 6.45) is -2.87. The average Bonchev–Trinajstić information content (AvgIpc) is 3.35. The molecule has 2 atom stereocenters. The van der Waals surface area contributed by atoms with Crippen LogP contribution in [0.3, 0.4) is 0 Å². The van der Waals surface area contributed by atoms with Crippen molar-refractivity contribution < 1.29 is 30.0 Å². The van der Waals surface area contributed by atoms with Gasteiger partial charge in [-0.05, 0) is 74.4 Å². The summed E-state index contributed by atoms with van der Waals surface area (Å²) in [5.74, 6) is -1.69. The summed E-state index contributed by atoms with van der Waals surface area (Å²) >= 11 is 0. The van der Waals surface area contributed by atoms with Gasteiger partial charge in [-0.25, -0.2) is 4.98 Å². The van der Waals surface area contributed by atoms with Crippen LogP contribution >= 0.6 is 0 Å². The number of nitrogens with zero attached hydrogens (tertiary/aromatic N) is 1. The molecule has 1 unspecified atom stereocenters. The molecule has 0 aliphatic heterocycles. The first-order valence-electron chi connectivity index (χ1n) is 12.7. The lowest BCUT2D eigenvalue weighted by Gasteiger charge is -2.24. The Bertz CT molecular complexity index is 1680. The Balaban J connectivity index is 1.86. The van der Waals surface area contributed by atoms with Gasteiger partial charge >= 0.3 is 0 Å². The number of nitrogens with one attached hydrogen (secondary N) is 3. The Morgan fingerprint density at radius 2 is 1.71 bits per heavy atom. The van der Waals surface area contributed by atoms with E-state index >= 15 is 0 Å². The number of imidazole rings is 1. The first kappa shape index (κ1) is 29.1. The predicted octanol–water partition coefficient (Wildman–Crippen LogP) is 1.71. The van der Waals surface area contributed by atoms with Crippen LogP contribution in [-0.2, 0) is 21.5 Å². The number of amidine groups is 1. The van der Waals surface area contributed by atoms with Gasteiger partial charge in [0.2, 0.25) is 5.91 Å². The molecule has 0 bridgehead atoms. The second-order valence-electron chi connectivity index (χ2n) is 10.4. The maximum Gasteiger partial charge on any atom is 0.251 e. The van der Waals surface area contributed by atoms with Gasteiger partial charge in [-0.15, -0.1) is 0 Å². The van der Waals surface area contributed by atoms with E-state index in [-0.39, 0.29) is 46.4 Å². The number of nitrogens with two attached hydrogens (primary N) is 2. The van der Waals surface area contributed by atoms with Crippen LogP contribution in [-0.4, -0.2) is 60.3 Å². The summed E-state index contributed by atoms with van der Waals surface area (Å²) in [5.41, 5.74) is 13.3. The number of phenols is 2. The highest BCUT2D eigenvalue weighted by Crippen LogP contribution is 2.44. The lowest BCUT2D eigenvalue weighted by molar-refractivity contribution is -0.134. The summed E-state index contributed by atoms with van der Waals surface area (Å²) in [4.78, 5) is 32.2. The molecule has 4 rings (SSSR count). The smallest absolute Gasteiger partial charge is 0.251 e. The molecule has 214 valence electrons. The summed E-state index contributed by atoms with van der Waals surface area (Å²) in [5, 5.41) is 51.7. The molecule has 0 saturated heterocycles. The van der Waals surface area contributed by atoms with E-state index in [0.717, 1.165) is 0 Å². The Morgan fingerprint density at radius 1 is 1.02 bits per heavy atom. The number of H-pyrrole nitrogens is 1. The van der Waals surface area contributed by atoms with Crippen molar-refractivity contribution in [2.24, 2.45) is 11.5 Å². The van der Waals surface area contributed by atoms with Gasteiger partial charge in [0.1, 0.15) is 23.2 Å². The third kappa shape index (κ3) is 5.69. The normalized spacial score (nSPS) is 13.1. The standard InChI is InChI=1S/C29H32N6O6/c1-13(36)23(38)27(40)33-12-14-4-7-22(37)17(8-14)18-10-16(29(2,3)28(32)41)11-19(24(18)39)26-34-20-6-5-15(25(30)31)9-21(20)35-26/h4-11,13,23,36-39H,12H2,1-3H3,(H3,30,31)(H2,32,41)(H,33,40)(H,34,35)/t13-,23?/m0/s1. The van der Waals surface area contributed by atoms with Crippen molar-refractivity contribution in [3.05, 3.63) is 65.2 Å². The van der Waals surface area contributed by atoms with Crippen LogP contribution in [0.2, 0.25) is 0 Å². The highest BCUT2D eigenvalue weighted by molar-refractivity contribution is 5.98. The third-order valence-corrected chi connectivity index (χ3v) is 7.04. The fourth-order valence-corrected chi connectivity index (χ4v) is 4.25. The molecule has 0 aliphatic rings. The molecule has 3 aromatic carbocycles. The van der Waals surface area contributed by atoms with Crippen molar-refractivity contribution in [1.29, 1.82) is 5.41 Å². The number of phenolic OH excluding ortho intramolecular Hbond substituents is 2. The van der Waals surface area contributed by atoms with Gasteiger partial charge in [-0.2, -0.15) is 0 Å². The fourth-order valence-electron chi connectivity index (χ4n) is 4.25. The molecule has 11 N–H and O–H groups in total. The molecule has 4 aromatic rings. The van der Waals surface area contributed by atoms with Crippen molar-refractivity contribution in [1.82, 2.24) is 15.3 Å². The number of aromatic amines is 1. The topological polar surface area (TPSA) is 232 Å². The van der Waals surface area contributed by atoms with E-state index in [1.54, 1.807) is 56.3 Å². The number of amides is 2. The lowest BCUT2D eigenvalue weighted by atomic mass is 9.81. The molecule has 12 nitrogen and oxygen atoms in total. The number of fused-ring (bicyclic) bond motifs is 1. The number of aliphatic hydroxyl groups excluding tert-OH is 2. The molecule has 0 aliphatic carbocycles. The highest BCUT2D eigenvalue weighted by atomic mass is 16.3. The molecule has 0 fully saturated rings. The number of hydrogen-bond acceptors (Lipinski definition) is 8. The van der Waals surface area contributed by atoms with Gasteiger partial charge in [0, 0.05) is 23.2 Å². The molecule has 2 amide bonds. The van der Waals surface area contributed by atoms with Crippen molar-refractivity contribution in [3.63, 3.8) is 0 Å². The first-order chi connectivity index (χ1) is 19.2. The summed E-state index contributed by atoms with van der Waals surface area (Å²) < 4.78 is 0. The number of carbonyl (C=O) groups is 2. The SMILES string of the molecule is C[C@H](O)C(O)C(=O)NCc1ccc(O)c(-c2cc(C(C)(C)C(N)=O)cc(-c3nc4cc(C(=N)N)ccc4[nH]3)c2O)c1. The molecule has 0 saturated carbocycles. The molecular weight excluding hydrogens is 528 g/mol. The Morgan fingerprint density at radius 3 is 2.34 bits per heavy atom. The van der Waals surface area contributed by atoms with E-state index in [4.69, 9.17) is 16.9 Å². The highest BCUT2D eigenvalue weighted by Gasteiger charge is 2.31. The van der Waals surface area contributed by atoms with Crippen molar-refractivity contribution in [2.75, 3.05) is 0 Å². The van der Waals surface area contributed by atoms with Gasteiger partial charge in [0.25, 0.3) is 5.91 Å². The molecule has 1 heterocycles. The monoisotopic (exact) mass is 560 g/mol. The van der Waals surface area contributed by atoms with Crippen LogP contribution < -0.4 is 16.8 Å². The Kier molecular flexibility index (Phi) is 7.73. The number of aromatic hydroxyl groups is 2. The minimum atomic E-state index is -1.61. The van der Waals surface area contributed by atoms with Gasteiger partial charge < -0.3 is 42.2 Å². The molecule has 12 heteroatoms. The number of primary amides is 1. The van der Waals surface area contributed by atoms with Crippen LogP contribution in [0.4, 0.5) is 0 Å². The van der Waals surface area contributed by atoms with Crippen LogP contribution in [0.25, 0.3) is 33.5 Å². The van der Waals surface area contributed by atoms with E-state index in [9.17, 15) is 30.0 Å². The number of rotatable bonds is 9. The maximum atomic E-state index is 12.4. The van der Waals surface area contributed by atoms with Gasteiger partial charge in [0.15, 0.2) is 6.10 Å². The van der Waals surface area contributed by atoms with E-state index < -0.39 is 29.4 Å². The fraction of sp³-hybridized carbons (Fsp3) is 0.241. The largest absolute Gasteiger partial charge is 0.507 e. The minimum Gasteiger partial charge on any atom is -0.507 e. The van der Waals surface area contributed by atoms with Gasteiger partial charge in [0.05, 0.1) is 28.1 Å². The van der Waals surface area contributed by atoms with Crippen LogP contribution in [0.15, 0.2) is 48.5 Å². The van der Waals surface area contributed by atoms with Crippen LogP contribution in [0.1, 0.15) is 37.5 Å². The predicted molar refractivity (Wildman–Crippen MR) is 153 cm³/mol. The molecule has 0 radical (unpaired) electrons. The van der Waals surface area contributed by atoms with Crippen molar-refractivity contribution in [2.45, 2.75) is 44.9 Å². The first-order valence-corrected chi connectivity index (χ1v) is 12.7. The summed E-state index contributed by atoms with van der Waals surface area (Å²) in [6.45, 7) is 4.50. The van der Waals surface area contributed by atoms with Crippen molar-refractivity contribution in [3.8, 4) is 34.0 Å². The Hall–Kier alpha value is -4.94. The van der Waals surface area contributed by atoms with Crippen molar-refractivity contribution >= 4 is 28.7 Å². The zero-order valence-corrected chi connectivity index (χ0v) is 22.7. The van der Waals surface area contributed by atoms with E-state index in [0.29, 0.717) is 27.7 Å². The summed E-state index contributed by atoms with van der Waals surface area (Å²) in [7, 11) is 0. The molecule has 1 aromatic heterocycles. The van der Waals surface area contributed by atoms with E-state index in [2.05, 4.69) is 15.3 Å². The zero-order valence-electron chi connectivity index (χ0n) is 22.7. The second-order valence-corrected chi connectivity index (χ2v) is 10.4. The quantitative estimate of drug-likeness (QED) is 0.108. The van der Waals surface area contributed by atoms with E-state index in [1.165, 1.54) is 13.0 Å². The lowest BCUT2D eigenvalue weighted by Crippen LogP contribution is -2.40. The number of carbonyl (C=O) groups excluding carboxylic acids is 2. The maximum absolute atomic E-state index is 12.4. The number of benzene rings is 3. The molecule has 41 heavy (non-hydrogen) atoms. The minimum absolute atomic E-state index is 0.0436. The second kappa shape index (κ2) is 10.9. The molecule has 0 spiro atoms. The molecular formula is C29H32N6O6. The zero-order chi connectivity index (χ0) is 30.2. The van der Waals surface area contributed by atoms with Crippen LogP contribution in [0, 0.1) is 5.41 Å². The number of hydrogen-bond donors (Lipinski definition) is 9. The summed E-state index contributed by atoms with van der Waals surface area (Å²) in [6, 6.07) is 12.6. The van der Waals surface area contributed by atoms with E-state index in [1.807, 2.05) is 0 Å². The number of aliphatic hydroxyl groups is 2. The number of aromatic nitrogens is 2. The third-order valence-electron chi connectivity index (χ3n) is 7.04. The Labute approximate surface area is 235 Å². The van der Waals surface area contributed by atoms with Gasteiger partial charge in [-0.1, -0.05) is 6.07 Å². The van der Waals surface area contributed by atoms with Crippen LogP contribution in [0.5, 0.6) is 11.5 Å². The number of nitrogen functional groups attached to an aromatic ring is 1. The van der Waals surface area contributed by atoms with Gasteiger partial charge in [-0.3, -0.25) is 15.0 Å². The average molecular weight is 561 g/mol.